The Morgan fingerprint density at radius 3 is 2.54 bits per heavy atom. The Balaban J connectivity index is 1.65. The fraction of sp³-hybridized carbons (Fsp3) is 0.125. The zero-order chi connectivity index (χ0) is 17.1. The molecule has 0 unspecified atom stereocenters. The second-order valence-corrected chi connectivity index (χ2v) is 5.34. The zero-order valence-corrected chi connectivity index (χ0v) is 13.1. The van der Waals surface area contributed by atoms with Gasteiger partial charge in [0.2, 0.25) is 0 Å². The molecule has 7 nitrogen and oxygen atoms in total. The maximum absolute atomic E-state index is 12.1. The molecule has 8 heteroatoms. The van der Waals surface area contributed by atoms with Crippen molar-refractivity contribution < 1.29 is 24.2 Å². The molecule has 1 aliphatic heterocycles. The number of urea groups is 1. The molecular formula is C16H13ClN2O5. The summed E-state index contributed by atoms with van der Waals surface area (Å²) in [5, 5.41) is 14.1. The molecule has 3 rings (SSSR count). The van der Waals surface area contributed by atoms with E-state index in [2.05, 4.69) is 10.6 Å². The Morgan fingerprint density at radius 2 is 1.79 bits per heavy atom. The molecule has 0 saturated carbocycles. The van der Waals surface area contributed by atoms with Crippen molar-refractivity contribution >= 4 is 29.2 Å². The van der Waals surface area contributed by atoms with Gasteiger partial charge in [-0.3, -0.25) is 10.1 Å². The molecule has 1 heterocycles. The quantitative estimate of drug-likeness (QED) is 0.725. The molecule has 0 radical (unpaired) electrons. The van der Waals surface area contributed by atoms with Crippen LogP contribution in [0, 0.1) is 0 Å². The minimum atomic E-state index is -0.725. The number of carbonyl (C=O) groups excluding carboxylic acids is 2. The number of carbonyl (C=O) groups is 2. The Bertz CT molecular complexity index is 809. The number of aromatic hydroxyl groups is 1. The zero-order valence-electron chi connectivity index (χ0n) is 12.3. The van der Waals surface area contributed by atoms with Crippen LogP contribution in [-0.2, 0) is 0 Å². The number of nitrogens with one attached hydrogen (secondary N) is 2. The average Bonchev–Trinajstić information content (AvgIpc) is 2.57. The van der Waals surface area contributed by atoms with Gasteiger partial charge in [-0.05, 0) is 36.4 Å². The predicted molar refractivity (Wildman–Crippen MR) is 87.0 cm³/mol. The molecule has 0 fully saturated rings. The number of ether oxygens (including phenoxy) is 2. The lowest BCUT2D eigenvalue weighted by Crippen LogP contribution is -2.34. The summed E-state index contributed by atoms with van der Waals surface area (Å²) in [6, 6.07) is 8.08. The third-order valence-corrected chi connectivity index (χ3v) is 3.54. The van der Waals surface area contributed by atoms with Crippen LogP contribution in [0.4, 0.5) is 10.5 Å². The molecule has 2 aromatic carbocycles. The van der Waals surface area contributed by atoms with Gasteiger partial charge in [-0.15, -0.1) is 0 Å². The van der Waals surface area contributed by atoms with E-state index in [9.17, 15) is 14.7 Å². The minimum Gasteiger partial charge on any atom is -0.506 e. The van der Waals surface area contributed by atoms with E-state index in [1.807, 2.05) is 0 Å². The maximum atomic E-state index is 12.1. The molecule has 124 valence electrons. The molecule has 0 bridgehead atoms. The molecule has 0 aliphatic carbocycles. The molecule has 1 aliphatic rings. The number of rotatable bonds is 2. The van der Waals surface area contributed by atoms with Crippen molar-refractivity contribution in [3.63, 3.8) is 0 Å². The molecule has 2 aromatic rings. The summed E-state index contributed by atoms with van der Waals surface area (Å²) in [6.45, 7) is 0.857. The fourth-order valence-electron chi connectivity index (χ4n) is 2.11. The number of amides is 3. The number of hydrogen-bond donors (Lipinski definition) is 3. The number of phenolic OH excluding ortho intramolecular Hbond substituents is 1. The minimum absolute atomic E-state index is 0.0889. The molecule has 0 saturated heterocycles. The van der Waals surface area contributed by atoms with Crippen LogP contribution in [0.2, 0.25) is 5.02 Å². The second-order valence-electron chi connectivity index (χ2n) is 4.93. The van der Waals surface area contributed by atoms with Crippen LogP contribution in [0.15, 0.2) is 36.4 Å². The highest BCUT2D eigenvalue weighted by Gasteiger charge is 2.16. The lowest BCUT2D eigenvalue weighted by atomic mass is 10.2. The highest BCUT2D eigenvalue weighted by atomic mass is 35.5. The molecule has 3 N–H and O–H groups in total. The number of hydrogen-bond acceptors (Lipinski definition) is 5. The summed E-state index contributed by atoms with van der Waals surface area (Å²) in [5.74, 6) is 0.324. The van der Waals surface area contributed by atoms with E-state index < -0.39 is 11.9 Å². The number of benzene rings is 2. The first-order valence-corrected chi connectivity index (χ1v) is 7.41. The van der Waals surface area contributed by atoms with Gasteiger partial charge in [0.25, 0.3) is 5.91 Å². The van der Waals surface area contributed by atoms with Crippen molar-refractivity contribution in [1.29, 1.82) is 0 Å². The van der Waals surface area contributed by atoms with E-state index in [0.717, 1.165) is 0 Å². The second kappa shape index (κ2) is 6.67. The molecule has 0 atom stereocenters. The van der Waals surface area contributed by atoms with Crippen molar-refractivity contribution in [2.45, 2.75) is 0 Å². The van der Waals surface area contributed by atoms with Crippen LogP contribution in [0.25, 0.3) is 0 Å². The first-order valence-electron chi connectivity index (χ1n) is 7.03. The van der Waals surface area contributed by atoms with Gasteiger partial charge in [-0.1, -0.05) is 11.6 Å². The molecule has 0 aromatic heterocycles. The summed E-state index contributed by atoms with van der Waals surface area (Å²) in [7, 11) is 0. The highest BCUT2D eigenvalue weighted by molar-refractivity contribution is 6.32. The molecular weight excluding hydrogens is 336 g/mol. The topological polar surface area (TPSA) is 96.9 Å². The molecule has 24 heavy (non-hydrogen) atoms. The van der Waals surface area contributed by atoms with Gasteiger partial charge >= 0.3 is 6.03 Å². The van der Waals surface area contributed by atoms with Crippen molar-refractivity contribution in [1.82, 2.24) is 5.32 Å². The van der Waals surface area contributed by atoms with E-state index in [-0.39, 0.29) is 16.3 Å². The highest BCUT2D eigenvalue weighted by Crippen LogP contribution is 2.30. The van der Waals surface area contributed by atoms with Crippen molar-refractivity contribution in [2.24, 2.45) is 0 Å². The maximum Gasteiger partial charge on any atom is 0.326 e. The largest absolute Gasteiger partial charge is 0.506 e. The van der Waals surface area contributed by atoms with Crippen LogP contribution in [0.5, 0.6) is 17.2 Å². The standard InChI is InChI=1S/C16H13ClN2O5/c17-11-8-10(2-3-12(11)20)18-16(22)19-15(21)9-1-4-13-14(7-9)24-6-5-23-13/h1-4,7-8,20H,5-6H2,(H2,18,19,21,22). The Morgan fingerprint density at radius 1 is 1.04 bits per heavy atom. The lowest BCUT2D eigenvalue weighted by Gasteiger charge is -2.18. The van der Waals surface area contributed by atoms with E-state index in [4.69, 9.17) is 21.1 Å². The lowest BCUT2D eigenvalue weighted by molar-refractivity contribution is 0.0966. The van der Waals surface area contributed by atoms with Gasteiger partial charge in [-0.25, -0.2) is 4.79 Å². The van der Waals surface area contributed by atoms with Gasteiger partial charge in [0.1, 0.15) is 19.0 Å². The Labute approximate surface area is 142 Å². The summed E-state index contributed by atoms with van der Waals surface area (Å²) < 4.78 is 10.8. The summed E-state index contributed by atoms with van der Waals surface area (Å²) in [4.78, 5) is 24.0. The SMILES string of the molecule is O=C(NC(=O)c1ccc2c(c1)OCCO2)Nc1ccc(O)c(Cl)c1. The number of anilines is 1. The number of fused-ring (bicyclic) bond motifs is 1. The Kier molecular flexibility index (Phi) is 4.43. The molecule has 3 amide bonds. The van der Waals surface area contributed by atoms with Crippen molar-refractivity contribution in [2.75, 3.05) is 18.5 Å². The number of halogens is 1. The van der Waals surface area contributed by atoms with Crippen LogP contribution in [0.3, 0.4) is 0 Å². The first-order chi connectivity index (χ1) is 11.5. The van der Waals surface area contributed by atoms with Crippen LogP contribution in [-0.4, -0.2) is 30.3 Å². The summed E-state index contributed by atoms with van der Waals surface area (Å²) >= 11 is 5.75. The summed E-state index contributed by atoms with van der Waals surface area (Å²) in [6.07, 6.45) is 0. The van der Waals surface area contributed by atoms with E-state index >= 15 is 0 Å². The van der Waals surface area contributed by atoms with Crippen LogP contribution < -0.4 is 20.1 Å². The van der Waals surface area contributed by atoms with Crippen LogP contribution in [0.1, 0.15) is 10.4 Å². The van der Waals surface area contributed by atoms with Gasteiger partial charge in [0.05, 0.1) is 5.02 Å². The van der Waals surface area contributed by atoms with Crippen LogP contribution >= 0.6 is 11.6 Å². The number of imide groups is 1. The van der Waals surface area contributed by atoms with Gasteiger partial charge in [0.15, 0.2) is 11.5 Å². The van der Waals surface area contributed by atoms with Crippen molar-refractivity contribution in [3.8, 4) is 17.2 Å². The van der Waals surface area contributed by atoms with Gasteiger partial charge < -0.3 is 19.9 Å². The smallest absolute Gasteiger partial charge is 0.326 e. The third-order valence-electron chi connectivity index (χ3n) is 3.24. The normalized spacial score (nSPS) is 12.4. The van der Waals surface area contributed by atoms with E-state index in [1.54, 1.807) is 6.07 Å². The third kappa shape index (κ3) is 3.52. The Hall–Kier alpha value is -2.93. The van der Waals surface area contributed by atoms with E-state index in [1.165, 1.54) is 30.3 Å². The average molecular weight is 349 g/mol. The predicted octanol–water partition coefficient (Wildman–Crippen LogP) is 2.78. The summed E-state index contributed by atoms with van der Waals surface area (Å²) in [5.41, 5.74) is 0.600. The fourth-order valence-corrected chi connectivity index (χ4v) is 2.29. The van der Waals surface area contributed by atoms with Gasteiger partial charge in [0, 0.05) is 11.3 Å². The first kappa shape index (κ1) is 15.9. The number of phenols is 1. The van der Waals surface area contributed by atoms with Crippen molar-refractivity contribution in [3.05, 3.63) is 47.0 Å². The van der Waals surface area contributed by atoms with E-state index in [0.29, 0.717) is 30.4 Å². The molecule has 0 spiro atoms. The monoisotopic (exact) mass is 348 g/mol. The van der Waals surface area contributed by atoms with Gasteiger partial charge in [-0.2, -0.15) is 0 Å².